The number of ether oxygens (including phenoxy) is 1. The summed E-state index contributed by atoms with van der Waals surface area (Å²) in [5.74, 6) is 1.32. The molecule has 1 fully saturated rings. The summed E-state index contributed by atoms with van der Waals surface area (Å²) in [6.07, 6.45) is 4.34. The van der Waals surface area contributed by atoms with E-state index in [1.807, 2.05) is 17.5 Å². The molecule has 1 aliphatic heterocycles. The van der Waals surface area contributed by atoms with Crippen molar-refractivity contribution in [3.8, 4) is 0 Å². The van der Waals surface area contributed by atoms with Crippen LogP contribution in [0.15, 0.2) is 6.20 Å². The minimum Gasteiger partial charge on any atom is -0.381 e. The molecule has 14 heavy (non-hydrogen) atoms. The molecular formula is C11H17NOS. The van der Waals surface area contributed by atoms with Crippen LogP contribution >= 0.6 is 11.3 Å². The van der Waals surface area contributed by atoms with E-state index < -0.39 is 0 Å². The molecular weight excluding hydrogens is 194 g/mol. The van der Waals surface area contributed by atoms with Gasteiger partial charge in [-0.1, -0.05) is 13.8 Å². The van der Waals surface area contributed by atoms with E-state index in [-0.39, 0.29) is 0 Å². The zero-order valence-electron chi connectivity index (χ0n) is 8.82. The lowest BCUT2D eigenvalue weighted by molar-refractivity contribution is 0.186. The van der Waals surface area contributed by atoms with Gasteiger partial charge in [-0.25, -0.2) is 4.98 Å². The summed E-state index contributed by atoms with van der Waals surface area (Å²) in [7, 11) is 0. The number of rotatable bonds is 3. The maximum absolute atomic E-state index is 5.36. The molecule has 3 heteroatoms. The monoisotopic (exact) mass is 211 g/mol. The fourth-order valence-corrected chi connectivity index (χ4v) is 2.71. The van der Waals surface area contributed by atoms with Crippen molar-refractivity contribution in [3.63, 3.8) is 0 Å². The highest BCUT2D eigenvalue weighted by Gasteiger charge is 2.17. The molecule has 1 aliphatic rings. The van der Waals surface area contributed by atoms with Gasteiger partial charge in [-0.2, -0.15) is 0 Å². The van der Waals surface area contributed by atoms with Gasteiger partial charge in [0.1, 0.15) is 0 Å². The first kappa shape index (κ1) is 10.1. The predicted octanol–water partition coefficient (Wildman–Crippen LogP) is 2.85. The van der Waals surface area contributed by atoms with Crippen molar-refractivity contribution in [2.45, 2.75) is 32.6 Å². The molecule has 2 heterocycles. The zero-order chi connectivity index (χ0) is 9.97. The van der Waals surface area contributed by atoms with Crippen LogP contribution in [-0.2, 0) is 11.2 Å². The molecule has 1 atom stereocenters. The first-order valence-electron chi connectivity index (χ1n) is 5.28. The standard InChI is InChI=1S/C11H17NOS/c1-8(2)10-6-12-11(14-10)5-9-3-4-13-7-9/h6,8-9H,3-5,7H2,1-2H3. The molecule has 0 amide bonds. The molecule has 0 spiro atoms. The van der Waals surface area contributed by atoms with Crippen LogP contribution in [0.25, 0.3) is 0 Å². The van der Waals surface area contributed by atoms with Gasteiger partial charge in [-0.3, -0.25) is 0 Å². The van der Waals surface area contributed by atoms with E-state index in [2.05, 4.69) is 18.8 Å². The fourth-order valence-electron chi connectivity index (χ4n) is 1.68. The zero-order valence-corrected chi connectivity index (χ0v) is 9.64. The van der Waals surface area contributed by atoms with Crippen LogP contribution in [0, 0.1) is 5.92 Å². The summed E-state index contributed by atoms with van der Waals surface area (Å²) < 4.78 is 5.36. The molecule has 2 nitrogen and oxygen atoms in total. The third-order valence-corrected chi connectivity index (χ3v) is 3.95. The van der Waals surface area contributed by atoms with Gasteiger partial charge < -0.3 is 4.74 Å². The van der Waals surface area contributed by atoms with Crippen LogP contribution in [0.4, 0.5) is 0 Å². The molecule has 0 aromatic carbocycles. The minimum atomic E-state index is 0.612. The molecule has 1 unspecified atom stereocenters. The van der Waals surface area contributed by atoms with E-state index in [9.17, 15) is 0 Å². The van der Waals surface area contributed by atoms with Gasteiger partial charge in [0.15, 0.2) is 0 Å². The third-order valence-electron chi connectivity index (χ3n) is 2.63. The Morgan fingerprint density at radius 1 is 1.64 bits per heavy atom. The molecule has 1 aromatic rings. The Labute approximate surface area is 89.3 Å². The van der Waals surface area contributed by atoms with E-state index in [1.165, 1.54) is 16.3 Å². The van der Waals surface area contributed by atoms with E-state index >= 15 is 0 Å². The van der Waals surface area contributed by atoms with Crippen LogP contribution < -0.4 is 0 Å². The summed E-state index contributed by atoms with van der Waals surface area (Å²) in [6, 6.07) is 0. The average Bonchev–Trinajstić information content (AvgIpc) is 2.75. The Hall–Kier alpha value is -0.410. The molecule has 2 rings (SSSR count). The van der Waals surface area contributed by atoms with Crippen molar-refractivity contribution < 1.29 is 4.74 Å². The van der Waals surface area contributed by atoms with E-state index in [0.717, 1.165) is 19.6 Å². The maximum atomic E-state index is 5.36. The van der Waals surface area contributed by atoms with Gasteiger partial charge in [-0.15, -0.1) is 11.3 Å². The molecule has 0 saturated carbocycles. The topological polar surface area (TPSA) is 22.1 Å². The molecule has 0 bridgehead atoms. The smallest absolute Gasteiger partial charge is 0.0931 e. The second-order valence-corrected chi connectivity index (χ2v) is 5.39. The summed E-state index contributed by atoms with van der Waals surface area (Å²) in [6.45, 7) is 6.30. The van der Waals surface area contributed by atoms with E-state index in [1.54, 1.807) is 0 Å². The molecule has 1 saturated heterocycles. The average molecular weight is 211 g/mol. The number of nitrogens with zero attached hydrogens (tertiary/aromatic N) is 1. The first-order chi connectivity index (χ1) is 6.75. The molecule has 78 valence electrons. The predicted molar refractivity (Wildman–Crippen MR) is 58.8 cm³/mol. The molecule has 0 aliphatic carbocycles. The van der Waals surface area contributed by atoms with Crippen molar-refractivity contribution in [1.82, 2.24) is 4.98 Å². The number of hydrogen-bond donors (Lipinski definition) is 0. The maximum Gasteiger partial charge on any atom is 0.0931 e. The fraction of sp³-hybridized carbons (Fsp3) is 0.727. The summed E-state index contributed by atoms with van der Waals surface area (Å²) in [4.78, 5) is 5.87. The first-order valence-corrected chi connectivity index (χ1v) is 6.09. The lowest BCUT2D eigenvalue weighted by atomic mass is 10.1. The molecule has 0 radical (unpaired) electrons. The second-order valence-electron chi connectivity index (χ2n) is 4.24. The Bertz CT molecular complexity index is 289. The molecule has 1 aromatic heterocycles. The minimum absolute atomic E-state index is 0.612. The van der Waals surface area contributed by atoms with Gasteiger partial charge >= 0.3 is 0 Å². The van der Waals surface area contributed by atoms with Gasteiger partial charge in [-0.05, 0) is 18.3 Å². The number of hydrogen-bond acceptors (Lipinski definition) is 3. The Morgan fingerprint density at radius 3 is 3.07 bits per heavy atom. The highest BCUT2D eigenvalue weighted by molar-refractivity contribution is 7.11. The van der Waals surface area contributed by atoms with Gasteiger partial charge in [0.05, 0.1) is 5.01 Å². The van der Waals surface area contributed by atoms with Crippen molar-refractivity contribution in [2.75, 3.05) is 13.2 Å². The van der Waals surface area contributed by atoms with Crippen LogP contribution in [0.5, 0.6) is 0 Å². The van der Waals surface area contributed by atoms with Crippen LogP contribution in [0.3, 0.4) is 0 Å². The third kappa shape index (κ3) is 2.34. The Kier molecular flexibility index (Phi) is 3.19. The highest BCUT2D eigenvalue weighted by Crippen LogP contribution is 2.25. The van der Waals surface area contributed by atoms with E-state index in [4.69, 9.17) is 4.74 Å². The van der Waals surface area contributed by atoms with Gasteiger partial charge in [0.25, 0.3) is 0 Å². The lowest BCUT2D eigenvalue weighted by Gasteiger charge is -2.03. The summed E-state index contributed by atoms with van der Waals surface area (Å²) in [5, 5.41) is 1.28. The SMILES string of the molecule is CC(C)c1cnc(CC2CCOC2)s1. The van der Waals surface area contributed by atoms with Crippen molar-refractivity contribution in [1.29, 1.82) is 0 Å². The van der Waals surface area contributed by atoms with Crippen molar-refractivity contribution in [2.24, 2.45) is 5.92 Å². The number of thiazole rings is 1. The quantitative estimate of drug-likeness (QED) is 0.767. The molecule has 0 N–H and O–H groups in total. The largest absolute Gasteiger partial charge is 0.381 e. The van der Waals surface area contributed by atoms with Crippen LogP contribution in [0.1, 0.15) is 36.1 Å². The van der Waals surface area contributed by atoms with Crippen molar-refractivity contribution in [3.05, 3.63) is 16.1 Å². The second kappa shape index (κ2) is 4.41. The lowest BCUT2D eigenvalue weighted by Crippen LogP contribution is -2.02. The van der Waals surface area contributed by atoms with Crippen LogP contribution in [0.2, 0.25) is 0 Å². The highest BCUT2D eigenvalue weighted by atomic mass is 32.1. The number of aromatic nitrogens is 1. The Morgan fingerprint density at radius 2 is 2.50 bits per heavy atom. The van der Waals surface area contributed by atoms with Gasteiger partial charge in [0, 0.05) is 30.7 Å². The van der Waals surface area contributed by atoms with Crippen LogP contribution in [-0.4, -0.2) is 18.2 Å². The summed E-state index contributed by atoms with van der Waals surface area (Å²) >= 11 is 1.86. The van der Waals surface area contributed by atoms with E-state index in [0.29, 0.717) is 11.8 Å². The van der Waals surface area contributed by atoms with Gasteiger partial charge in [0.2, 0.25) is 0 Å². The Balaban J connectivity index is 1.95. The van der Waals surface area contributed by atoms with Crippen molar-refractivity contribution >= 4 is 11.3 Å². The summed E-state index contributed by atoms with van der Waals surface area (Å²) in [5.41, 5.74) is 0. The normalized spacial score (nSPS) is 22.1.